The molecule has 0 amide bonds. The van der Waals surface area contributed by atoms with Crippen LogP contribution < -0.4 is 0 Å². The zero-order chi connectivity index (χ0) is 8.32. The maximum absolute atomic E-state index is 10.6. The van der Waals surface area contributed by atoms with Crippen molar-refractivity contribution in [2.24, 2.45) is 11.3 Å². The SMILES string of the molecule is C/C=C/[C@H]1CCC1(C=O)C=O. The number of aldehydes is 2. The van der Waals surface area contributed by atoms with Gasteiger partial charge < -0.3 is 9.59 Å². The van der Waals surface area contributed by atoms with Gasteiger partial charge in [0.15, 0.2) is 0 Å². The molecule has 60 valence electrons. The van der Waals surface area contributed by atoms with Gasteiger partial charge in [0, 0.05) is 0 Å². The number of allylic oxidation sites excluding steroid dienone is 2. The largest absolute Gasteiger partial charge is 0.302 e. The van der Waals surface area contributed by atoms with Gasteiger partial charge in [-0.25, -0.2) is 0 Å². The van der Waals surface area contributed by atoms with Crippen LogP contribution in [-0.4, -0.2) is 12.6 Å². The third-order valence-corrected chi connectivity index (χ3v) is 2.44. The van der Waals surface area contributed by atoms with Gasteiger partial charge in [-0.3, -0.25) is 0 Å². The Balaban J connectivity index is 2.71. The van der Waals surface area contributed by atoms with Crippen molar-refractivity contribution in [2.75, 3.05) is 0 Å². The molecule has 11 heavy (non-hydrogen) atoms. The van der Waals surface area contributed by atoms with E-state index in [1.807, 2.05) is 19.1 Å². The normalized spacial score (nSPS) is 27.9. The van der Waals surface area contributed by atoms with E-state index in [4.69, 9.17) is 0 Å². The number of hydrogen-bond donors (Lipinski definition) is 0. The van der Waals surface area contributed by atoms with Crippen molar-refractivity contribution in [2.45, 2.75) is 19.8 Å². The van der Waals surface area contributed by atoms with Gasteiger partial charge in [0.25, 0.3) is 0 Å². The molecule has 0 spiro atoms. The van der Waals surface area contributed by atoms with Crippen molar-refractivity contribution in [3.8, 4) is 0 Å². The van der Waals surface area contributed by atoms with Gasteiger partial charge in [-0.15, -0.1) is 0 Å². The molecular formula is C9H12O2. The first kappa shape index (κ1) is 8.18. The molecule has 0 heterocycles. The van der Waals surface area contributed by atoms with Crippen LogP contribution in [0.4, 0.5) is 0 Å². The second-order valence-corrected chi connectivity index (χ2v) is 3.02. The van der Waals surface area contributed by atoms with Crippen LogP contribution in [0.15, 0.2) is 12.2 Å². The van der Waals surface area contributed by atoms with Gasteiger partial charge in [-0.1, -0.05) is 12.2 Å². The lowest BCUT2D eigenvalue weighted by atomic mass is 9.62. The summed E-state index contributed by atoms with van der Waals surface area (Å²) in [5, 5.41) is 0. The highest BCUT2D eigenvalue weighted by Crippen LogP contribution is 2.44. The molecule has 1 rings (SSSR count). The average Bonchev–Trinajstić information content (AvgIpc) is 2.01. The second kappa shape index (κ2) is 2.99. The second-order valence-electron chi connectivity index (χ2n) is 3.02. The first-order valence-corrected chi connectivity index (χ1v) is 3.84. The Morgan fingerprint density at radius 3 is 2.27 bits per heavy atom. The van der Waals surface area contributed by atoms with Gasteiger partial charge in [0.1, 0.15) is 12.6 Å². The molecule has 1 fully saturated rings. The molecule has 2 nitrogen and oxygen atoms in total. The van der Waals surface area contributed by atoms with Crippen LogP contribution in [0.5, 0.6) is 0 Å². The molecule has 0 aromatic carbocycles. The summed E-state index contributed by atoms with van der Waals surface area (Å²) >= 11 is 0. The summed E-state index contributed by atoms with van der Waals surface area (Å²) in [5.74, 6) is 0.155. The third-order valence-electron chi connectivity index (χ3n) is 2.44. The van der Waals surface area contributed by atoms with Crippen LogP contribution in [0.1, 0.15) is 19.8 Å². The number of rotatable bonds is 3. The van der Waals surface area contributed by atoms with Gasteiger partial charge in [-0.2, -0.15) is 0 Å². The summed E-state index contributed by atoms with van der Waals surface area (Å²) in [5.41, 5.74) is -0.674. The standard InChI is InChI=1S/C9H12O2/c1-2-3-8-4-5-9(8,6-10)7-11/h2-3,6-8H,4-5H2,1H3/b3-2+/t8-/m0/s1. The maximum atomic E-state index is 10.6. The van der Waals surface area contributed by atoms with E-state index in [0.717, 1.165) is 25.4 Å². The lowest BCUT2D eigenvalue weighted by Crippen LogP contribution is -2.41. The highest BCUT2D eigenvalue weighted by atomic mass is 16.1. The zero-order valence-electron chi connectivity index (χ0n) is 6.62. The molecule has 0 bridgehead atoms. The van der Waals surface area contributed by atoms with Crippen LogP contribution in [0.25, 0.3) is 0 Å². The van der Waals surface area contributed by atoms with Crippen molar-refractivity contribution in [3.05, 3.63) is 12.2 Å². The minimum absolute atomic E-state index is 0.155. The zero-order valence-corrected chi connectivity index (χ0v) is 6.62. The lowest BCUT2D eigenvalue weighted by molar-refractivity contribution is -0.134. The minimum Gasteiger partial charge on any atom is -0.302 e. The quantitative estimate of drug-likeness (QED) is 0.347. The Bertz CT molecular complexity index is 186. The summed E-state index contributed by atoms with van der Waals surface area (Å²) in [6.45, 7) is 1.90. The van der Waals surface area contributed by atoms with Crippen molar-refractivity contribution >= 4 is 12.6 Å². The van der Waals surface area contributed by atoms with Crippen LogP contribution in [0.3, 0.4) is 0 Å². The van der Waals surface area contributed by atoms with Crippen LogP contribution in [-0.2, 0) is 9.59 Å². The first-order valence-electron chi connectivity index (χ1n) is 3.84. The molecular weight excluding hydrogens is 140 g/mol. The topological polar surface area (TPSA) is 34.1 Å². The Kier molecular flexibility index (Phi) is 2.22. The lowest BCUT2D eigenvalue weighted by Gasteiger charge is -2.39. The highest BCUT2D eigenvalue weighted by Gasteiger charge is 2.45. The molecule has 1 aliphatic carbocycles. The molecule has 0 N–H and O–H groups in total. The summed E-state index contributed by atoms with van der Waals surface area (Å²) < 4.78 is 0. The smallest absolute Gasteiger partial charge is 0.133 e. The van der Waals surface area contributed by atoms with E-state index in [1.165, 1.54) is 0 Å². The van der Waals surface area contributed by atoms with E-state index in [2.05, 4.69) is 0 Å². The molecule has 0 saturated heterocycles. The number of carbonyl (C=O) groups excluding carboxylic acids is 2. The Hall–Kier alpha value is -0.920. The highest BCUT2D eigenvalue weighted by molar-refractivity contribution is 5.86. The van der Waals surface area contributed by atoms with Gasteiger partial charge in [-0.05, 0) is 25.7 Å². The van der Waals surface area contributed by atoms with Crippen molar-refractivity contribution in [3.63, 3.8) is 0 Å². The molecule has 0 aromatic heterocycles. The molecule has 0 aliphatic heterocycles. The predicted molar refractivity (Wildman–Crippen MR) is 42.1 cm³/mol. The Morgan fingerprint density at radius 1 is 1.36 bits per heavy atom. The van der Waals surface area contributed by atoms with Crippen molar-refractivity contribution < 1.29 is 9.59 Å². The molecule has 0 radical (unpaired) electrons. The molecule has 1 atom stereocenters. The molecule has 2 heteroatoms. The van der Waals surface area contributed by atoms with Crippen LogP contribution in [0.2, 0.25) is 0 Å². The Morgan fingerprint density at radius 2 is 2.00 bits per heavy atom. The molecule has 1 aliphatic rings. The van der Waals surface area contributed by atoms with Crippen LogP contribution >= 0.6 is 0 Å². The predicted octanol–water partition coefficient (Wildman–Crippen LogP) is 1.36. The van der Waals surface area contributed by atoms with E-state index in [9.17, 15) is 9.59 Å². The number of carbonyl (C=O) groups is 2. The summed E-state index contributed by atoms with van der Waals surface area (Å²) in [4.78, 5) is 21.1. The first-order chi connectivity index (χ1) is 5.29. The van der Waals surface area contributed by atoms with Gasteiger partial charge in [0.2, 0.25) is 0 Å². The van der Waals surface area contributed by atoms with E-state index in [1.54, 1.807) is 0 Å². The Labute approximate surface area is 66.3 Å². The van der Waals surface area contributed by atoms with E-state index < -0.39 is 5.41 Å². The van der Waals surface area contributed by atoms with E-state index in [-0.39, 0.29) is 5.92 Å². The minimum atomic E-state index is -0.674. The average molecular weight is 152 g/mol. The third kappa shape index (κ3) is 1.13. The fourth-order valence-electron chi connectivity index (χ4n) is 1.47. The van der Waals surface area contributed by atoms with Crippen LogP contribution in [0, 0.1) is 11.3 Å². The molecule has 0 aromatic rings. The fourth-order valence-corrected chi connectivity index (χ4v) is 1.47. The fraction of sp³-hybridized carbons (Fsp3) is 0.556. The van der Waals surface area contributed by atoms with Gasteiger partial charge in [0.05, 0.1) is 5.41 Å². The molecule has 1 saturated carbocycles. The van der Waals surface area contributed by atoms with E-state index >= 15 is 0 Å². The molecule has 0 unspecified atom stereocenters. The maximum Gasteiger partial charge on any atom is 0.133 e. The van der Waals surface area contributed by atoms with E-state index in [0.29, 0.717) is 0 Å². The number of hydrogen-bond acceptors (Lipinski definition) is 2. The van der Waals surface area contributed by atoms with Crippen molar-refractivity contribution in [1.82, 2.24) is 0 Å². The summed E-state index contributed by atoms with van der Waals surface area (Å²) in [6, 6.07) is 0. The summed E-state index contributed by atoms with van der Waals surface area (Å²) in [6.07, 6.45) is 7.08. The van der Waals surface area contributed by atoms with Crippen molar-refractivity contribution in [1.29, 1.82) is 0 Å². The van der Waals surface area contributed by atoms with Gasteiger partial charge >= 0.3 is 0 Å². The monoisotopic (exact) mass is 152 g/mol. The summed E-state index contributed by atoms with van der Waals surface area (Å²) in [7, 11) is 0.